The van der Waals surface area contributed by atoms with Crippen LogP contribution in [0.5, 0.6) is 0 Å². The molecule has 4 nitrogen and oxygen atoms in total. The van der Waals surface area contributed by atoms with Gasteiger partial charge in [-0.3, -0.25) is 9.48 Å². The lowest BCUT2D eigenvalue weighted by molar-refractivity contribution is -0.122. The highest BCUT2D eigenvalue weighted by Crippen LogP contribution is 2.28. The largest absolute Gasteiger partial charge is 0.356 e. The summed E-state index contributed by atoms with van der Waals surface area (Å²) in [6, 6.07) is 1.91. The summed E-state index contributed by atoms with van der Waals surface area (Å²) >= 11 is 0. The van der Waals surface area contributed by atoms with Crippen molar-refractivity contribution in [2.45, 2.75) is 25.8 Å². The van der Waals surface area contributed by atoms with Crippen molar-refractivity contribution in [3.8, 4) is 0 Å². The maximum absolute atomic E-state index is 11.2. The Morgan fingerprint density at radius 2 is 2.43 bits per heavy atom. The Kier molecular flexibility index (Phi) is 2.81. The predicted octanol–water partition coefficient (Wildman–Crippen LogP) is 0.799. The van der Waals surface area contributed by atoms with Crippen LogP contribution in [0.4, 0.5) is 0 Å². The average molecular weight is 193 g/mol. The van der Waals surface area contributed by atoms with Crippen LogP contribution in [0.3, 0.4) is 0 Å². The molecule has 14 heavy (non-hydrogen) atoms. The fraction of sp³-hybridized carbons (Fsp3) is 0.600. The maximum Gasteiger partial charge on any atom is 0.223 e. The van der Waals surface area contributed by atoms with Crippen molar-refractivity contribution in [3.63, 3.8) is 0 Å². The number of hydrogen-bond donors (Lipinski definition) is 1. The van der Waals surface area contributed by atoms with Crippen molar-refractivity contribution in [3.05, 3.63) is 18.5 Å². The quantitative estimate of drug-likeness (QED) is 0.703. The molecule has 0 aliphatic heterocycles. The summed E-state index contributed by atoms with van der Waals surface area (Å²) in [6.45, 7) is 1.63. The van der Waals surface area contributed by atoms with Gasteiger partial charge in [-0.15, -0.1) is 0 Å². The molecule has 0 radical (unpaired) electrons. The lowest BCUT2D eigenvalue weighted by atomic mass is 10.3. The summed E-state index contributed by atoms with van der Waals surface area (Å²) < 4.78 is 1.88. The van der Waals surface area contributed by atoms with Crippen LogP contribution in [0.2, 0.25) is 0 Å². The molecule has 76 valence electrons. The van der Waals surface area contributed by atoms with E-state index < -0.39 is 0 Å². The number of aromatic nitrogens is 2. The Bertz CT molecular complexity index is 290. The van der Waals surface area contributed by atoms with Crippen molar-refractivity contribution in [1.82, 2.24) is 15.1 Å². The normalized spacial score (nSPS) is 15.4. The van der Waals surface area contributed by atoms with Crippen molar-refractivity contribution in [2.75, 3.05) is 6.54 Å². The van der Waals surface area contributed by atoms with E-state index in [0.717, 1.165) is 32.4 Å². The third kappa shape index (κ3) is 2.58. The Balaban J connectivity index is 1.57. The van der Waals surface area contributed by atoms with Gasteiger partial charge in [0.25, 0.3) is 0 Å². The van der Waals surface area contributed by atoms with Gasteiger partial charge >= 0.3 is 0 Å². The van der Waals surface area contributed by atoms with E-state index in [1.807, 2.05) is 16.9 Å². The van der Waals surface area contributed by atoms with Crippen LogP contribution in [0.15, 0.2) is 18.5 Å². The standard InChI is InChI=1S/C10H15N3O/c14-10(9-3-4-9)11-5-1-7-13-8-2-6-12-13/h2,6,8-9H,1,3-5,7H2,(H,11,14). The van der Waals surface area contributed by atoms with Crippen LogP contribution in [0, 0.1) is 5.92 Å². The number of hydrogen-bond acceptors (Lipinski definition) is 2. The monoisotopic (exact) mass is 193 g/mol. The molecular formula is C10H15N3O. The zero-order chi connectivity index (χ0) is 9.80. The number of amides is 1. The van der Waals surface area contributed by atoms with Crippen LogP contribution in [-0.4, -0.2) is 22.2 Å². The number of rotatable bonds is 5. The highest BCUT2D eigenvalue weighted by molar-refractivity contribution is 5.80. The zero-order valence-corrected chi connectivity index (χ0v) is 8.15. The molecule has 1 heterocycles. The van der Waals surface area contributed by atoms with Crippen molar-refractivity contribution < 1.29 is 4.79 Å². The average Bonchev–Trinajstić information content (AvgIpc) is 2.92. The van der Waals surface area contributed by atoms with Gasteiger partial charge in [0.05, 0.1) is 0 Å². The summed E-state index contributed by atoms with van der Waals surface area (Å²) in [5, 5.41) is 7.01. The molecule has 0 saturated heterocycles. The van der Waals surface area contributed by atoms with Crippen LogP contribution < -0.4 is 5.32 Å². The van der Waals surface area contributed by atoms with Gasteiger partial charge < -0.3 is 5.32 Å². The molecule has 1 N–H and O–H groups in total. The summed E-state index contributed by atoms with van der Waals surface area (Å²) in [6.07, 6.45) is 6.79. The molecular weight excluding hydrogens is 178 g/mol. The lowest BCUT2D eigenvalue weighted by Crippen LogP contribution is -2.26. The minimum atomic E-state index is 0.227. The van der Waals surface area contributed by atoms with E-state index in [1.54, 1.807) is 6.20 Å². The van der Waals surface area contributed by atoms with Gasteiger partial charge in [0.15, 0.2) is 0 Å². The topological polar surface area (TPSA) is 46.9 Å². The Morgan fingerprint density at radius 3 is 3.07 bits per heavy atom. The van der Waals surface area contributed by atoms with E-state index in [0.29, 0.717) is 5.92 Å². The molecule has 1 aromatic heterocycles. The van der Waals surface area contributed by atoms with Crippen molar-refractivity contribution in [1.29, 1.82) is 0 Å². The molecule has 4 heteroatoms. The van der Waals surface area contributed by atoms with Crippen LogP contribution in [0.1, 0.15) is 19.3 Å². The van der Waals surface area contributed by atoms with Gasteiger partial charge in [-0.1, -0.05) is 0 Å². The first-order valence-corrected chi connectivity index (χ1v) is 5.11. The van der Waals surface area contributed by atoms with Gasteiger partial charge in [-0.25, -0.2) is 0 Å². The summed E-state index contributed by atoms with van der Waals surface area (Å²) in [7, 11) is 0. The number of aryl methyl sites for hydroxylation is 1. The molecule has 1 fully saturated rings. The second kappa shape index (κ2) is 4.26. The van der Waals surface area contributed by atoms with Gasteiger partial charge in [0, 0.05) is 31.4 Å². The summed E-state index contributed by atoms with van der Waals surface area (Å²) in [5.74, 6) is 0.546. The molecule has 0 spiro atoms. The van der Waals surface area contributed by atoms with E-state index in [9.17, 15) is 4.79 Å². The first kappa shape index (κ1) is 9.24. The highest BCUT2D eigenvalue weighted by atomic mass is 16.2. The number of nitrogens with one attached hydrogen (secondary N) is 1. The van der Waals surface area contributed by atoms with Gasteiger partial charge in [0.1, 0.15) is 0 Å². The molecule has 1 aliphatic carbocycles. The highest BCUT2D eigenvalue weighted by Gasteiger charge is 2.28. The second-order valence-electron chi connectivity index (χ2n) is 3.69. The zero-order valence-electron chi connectivity index (χ0n) is 8.15. The van der Waals surface area contributed by atoms with Gasteiger partial charge in [-0.05, 0) is 25.3 Å². The number of carbonyl (C=O) groups is 1. The predicted molar refractivity (Wildman–Crippen MR) is 52.6 cm³/mol. The molecule has 1 aliphatic rings. The van der Waals surface area contributed by atoms with Crippen LogP contribution >= 0.6 is 0 Å². The molecule has 0 bridgehead atoms. The van der Waals surface area contributed by atoms with Crippen LogP contribution in [0.25, 0.3) is 0 Å². The smallest absolute Gasteiger partial charge is 0.223 e. The minimum absolute atomic E-state index is 0.227. The number of carbonyl (C=O) groups excluding carboxylic acids is 1. The Hall–Kier alpha value is -1.32. The van der Waals surface area contributed by atoms with E-state index in [-0.39, 0.29) is 5.91 Å². The molecule has 1 aromatic rings. The Labute approximate surface area is 83.3 Å². The SMILES string of the molecule is O=C(NCCCn1cccn1)C1CC1. The van der Waals surface area contributed by atoms with Crippen molar-refractivity contribution in [2.24, 2.45) is 5.92 Å². The third-order valence-corrected chi connectivity index (χ3v) is 2.37. The Morgan fingerprint density at radius 1 is 1.57 bits per heavy atom. The van der Waals surface area contributed by atoms with E-state index in [4.69, 9.17) is 0 Å². The lowest BCUT2D eigenvalue weighted by Gasteiger charge is -2.03. The maximum atomic E-state index is 11.2. The summed E-state index contributed by atoms with van der Waals surface area (Å²) in [5.41, 5.74) is 0. The molecule has 0 unspecified atom stereocenters. The molecule has 1 saturated carbocycles. The van der Waals surface area contributed by atoms with E-state index >= 15 is 0 Å². The molecule has 2 rings (SSSR count). The van der Waals surface area contributed by atoms with E-state index in [2.05, 4.69) is 10.4 Å². The molecule has 1 amide bonds. The molecule has 0 aromatic carbocycles. The minimum Gasteiger partial charge on any atom is -0.356 e. The fourth-order valence-corrected chi connectivity index (χ4v) is 1.38. The first-order chi connectivity index (χ1) is 6.86. The van der Waals surface area contributed by atoms with Gasteiger partial charge in [0.2, 0.25) is 5.91 Å². The second-order valence-corrected chi connectivity index (χ2v) is 3.69. The molecule has 0 atom stereocenters. The van der Waals surface area contributed by atoms with Gasteiger partial charge in [-0.2, -0.15) is 5.10 Å². The third-order valence-electron chi connectivity index (χ3n) is 2.37. The fourth-order valence-electron chi connectivity index (χ4n) is 1.38. The summed E-state index contributed by atoms with van der Waals surface area (Å²) in [4.78, 5) is 11.2. The number of nitrogens with zero attached hydrogens (tertiary/aromatic N) is 2. The first-order valence-electron chi connectivity index (χ1n) is 5.11. The van der Waals surface area contributed by atoms with Crippen molar-refractivity contribution >= 4 is 5.91 Å². The van der Waals surface area contributed by atoms with E-state index in [1.165, 1.54) is 0 Å². The van der Waals surface area contributed by atoms with Crippen LogP contribution in [-0.2, 0) is 11.3 Å².